The first-order valence-electron chi connectivity index (χ1n) is 5.78. The number of hydrogen-bond donors (Lipinski definition) is 4. The molecule has 0 spiro atoms. The third-order valence-electron chi connectivity index (χ3n) is 2.84. The lowest BCUT2D eigenvalue weighted by Crippen LogP contribution is -2.33. The Morgan fingerprint density at radius 2 is 2.18 bits per heavy atom. The summed E-state index contributed by atoms with van der Waals surface area (Å²) in [6.07, 6.45) is 1.11. The van der Waals surface area contributed by atoms with Gasteiger partial charge in [-0.15, -0.1) is 0 Å². The number of phenols is 1. The van der Waals surface area contributed by atoms with Crippen LogP contribution in [0, 0.1) is 5.92 Å². The molecule has 1 unspecified atom stereocenters. The molecule has 4 N–H and O–H groups in total. The average Bonchev–Trinajstić information content (AvgIpc) is 2.83. The minimum absolute atomic E-state index is 0.188. The number of aromatic hydroxyl groups is 1. The highest BCUT2D eigenvalue weighted by molar-refractivity contribution is 5.89. The summed E-state index contributed by atoms with van der Waals surface area (Å²) < 4.78 is 0. The van der Waals surface area contributed by atoms with Gasteiger partial charge in [0.2, 0.25) is 0 Å². The molecule has 1 aliphatic heterocycles. The van der Waals surface area contributed by atoms with Crippen LogP contribution in [0.1, 0.15) is 6.42 Å². The highest BCUT2D eigenvalue weighted by atomic mass is 16.3. The molecular weight excluding hydrogens is 218 g/mol. The number of urea groups is 1. The number of amides is 2. The molecule has 2 rings (SSSR count). The molecule has 1 atom stereocenters. The molecular formula is C12H17N3O2. The Morgan fingerprint density at radius 1 is 1.41 bits per heavy atom. The Kier molecular flexibility index (Phi) is 3.82. The predicted molar refractivity (Wildman–Crippen MR) is 66.1 cm³/mol. The molecule has 1 saturated heterocycles. The summed E-state index contributed by atoms with van der Waals surface area (Å²) in [4.78, 5) is 11.5. The number of carbonyl (C=O) groups excluding carboxylic acids is 1. The van der Waals surface area contributed by atoms with Crippen molar-refractivity contribution in [3.8, 4) is 5.75 Å². The second-order valence-electron chi connectivity index (χ2n) is 4.24. The standard InChI is InChI=1S/C12H17N3O2/c16-11-3-1-10(2-4-11)15-12(17)14-8-9-5-6-13-7-9/h1-4,9,13,16H,5-8H2,(H2,14,15,17). The van der Waals surface area contributed by atoms with E-state index in [9.17, 15) is 4.79 Å². The van der Waals surface area contributed by atoms with Gasteiger partial charge in [0.1, 0.15) is 5.75 Å². The lowest BCUT2D eigenvalue weighted by atomic mass is 10.1. The van der Waals surface area contributed by atoms with E-state index < -0.39 is 0 Å². The van der Waals surface area contributed by atoms with E-state index in [1.165, 1.54) is 12.1 Å². The van der Waals surface area contributed by atoms with Crippen LogP contribution in [0.15, 0.2) is 24.3 Å². The molecule has 0 aliphatic carbocycles. The van der Waals surface area contributed by atoms with Crippen molar-refractivity contribution in [3.63, 3.8) is 0 Å². The fraction of sp³-hybridized carbons (Fsp3) is 0.417. The molecule has 0 radical (unpaired) electrons. The van der Waals surface area contributed by atoms with Gasteiger partial charge in [-0.25, -0.2) is 4.79 Å². The number of rotatable bonds is 3. The first-order valence-corrected chi connectivity index (χ1v) is 5.78. The SMILES string of the molecule is O=C(NCC1CCNC1)Nc1ccc(O)cc1. The zero-order valence-electron chi connectivity index (χ0n) is 9.57. The maximum absolute atomic E-state index is 11.5. The van der Waals surface area contributed by atoms with Crippen molar-refractivity contribution in [3.05, 3.63) is 24.3 Å². The van der Waals surface area contributed by atoms with Crippen molar-refractivity contribution in [2.75, 3.05) is 25.0 Å². The van der Waals surface area contributed by atoms with Crippen molar-refractivity contribution in [2.45, 2.75) is 6.42 Å². The van der Waals surface area contributed by atoms with Crippen molar-refractivity contribution in [1.29, 1.82) is 0 Å². The first kappa shape index (κ1) is 11.7. The molecule has 1 aromatic carbocycles. The Labute approximate surface area is 100 Å². The number of benzene rings is 1. The lowest BCUT2D eigenvalue weighted by molar-refractivity contribution is 0.250. The van der Waals surface area contributed by atoms with E-state index >= 15 is 0 Å². The molecule has 1 aliphatic rings. The van der Waals surface area contributed by atoms with Crippen LogP contribution in [0.25, 0.3) is 0 Å². The summed E-state index contributed by atoms with van der Waals surface area (Å²) in [5.41, 5.74) is 0.671. The molecule has 5 nitrogen and oxygen atoms in total. The van der Waals surface area contributed by atoms with Crippen molar-refractivity contribution in [1.82, 2.24) is 10.6 Å². The number of nitrogens with one attached hydrogen (secondary N) is 3. The molecule has 5 heteroatoms. The van der Waals surface area contributed by atoms with Gasteiger partial charge < -0.3 is 21.1 Å². The monoisotopic (exact) mass is 235 g/mol. The van der Waals surface area contributed by atoms with Gasteiger partial charge in [0, 0.05) is 12.2 Å². The quantitative estimate of drug-likeness (QED) is 0.593. The van der Waals surface area contributed by atoms with Gasteiger partial charge in [0.25, 0.3) is 0 Å². The molecule has 2 amide bonds. The summed E-state index contributed by atoms with van der Waals surface area (Å²) in [6, 6.07) is 6.19. The Hall–Kier alpha value is -1.75. The van der Waals surface area contributed by atoms with E-state index in [2.05, 4.69) is 16.0 Å². The second-order valence-corrected chi connectivity index (χ2v) is 4.24. The smallest absolute Gasteiger partial charge is 0.319 e. The van der Waals surface area contributed by atoms with Crippen LogP contribution in [0.2, 0.25) is 0 Å². The zero-order chi connectivity index (χ0) is 12.1. The Balaban J connectivity index is 1.74. The highest BCUT2D eigenvalue weighted by Gasteiger charge is 2.14. The van der Waals surface area contributed by atoms with Gasteiger partial charge in [-0.05, 0) is 49.7 Å². The molecule has 92 valence electrons. The molecule has 1 aromatic rings. The van der Waals surface area contributed by atoms with E-state index in [1.54, 1.807) is 12.1 Å². The van der Waals surface area contributed by atoms with Crippen molar-refractivity contribution < 1.29 is 9.90 Å². The number of phenolic OH excluding ortho intramolecular Hbond substituents is 1. The molecule has 0 bridgehead atoms. The van der Waals surface area contributed by atoms with Gasteiger partial charge in [0.15, 0.2) is 0 Å². The number of carbonyl (C=O) groups is 1. The van der Waals surface area contributed by atoms with Crippen LogP contribution in [0.3, 0.4) is 0 Å². The molecule has 1 fully saturated rings. The maximum Gasteiger partial charge on any atom is 0.319 e. The summed E-state index contributed by atoms with van der Waals surface area (Å²) in [5, 5.41) is 17.9. The van der Waals surface area contributed by atoms with Crippen LogP contribution in [-0.2, 0) is 0 Å². The van der Waals surface area contributed by atoms with E-state index in [1.807, 2.05) is 0 Å². The van der Waals surface area contributed by atoms with Gasteiger partial charge in [-0.3, -0.25) is 0 Å². The largest absolute Gasteiger partial charge is 0.508 e. The van der Waals surface area contributed by atoms with Crippen LogP contribution in [0.5, 0.6) is 5.75 Å². The topological polar surface area (TPSA) is 73.4 Å². The average molecular weight is 235 g/mol. The summed E-state index contributed by atoms with van der Waals surface area (Å²) in [6.45, 7) is 2.70. The minimum atomic E-state index is -0.206. The molecule has 0 saturated carbocycles. The normalized spacial score (nSPS) is 18.9. The van der Waals surface area contributed by atoms with E-state index in [0.29, 0.717) is 18.2 Å². The summed E-state index contributed by atoms with van der Waals surface area (Å²) in [7, 11) is 0. The third kappa shape index (κ3) is 3.64. The Morgan fingerprint density at radius 3 is 2.82 bits per heavy atom. The number of anilines is 1. The van der Waals surface area contributed by atoms with E-state index in [0.717, 1.165) is 19.5 Å². The Bertz CT molecular complexity index is 372. The van der Waals surface area contributed by atoms with Crippen LogP contribution in [-0.4, -0.2) is 30.8 Å². The highest BCUT2D eigenvalue weighted by Crippen LogP contribution is 2.13. The molecule has 17 heavy (non-hydrogen) atoms. The van der Waals surface area contributed by atoms with Gasteiger partial charge >= 0.3 is 6.03 Å². The minimum Gasteiger partial charge on any atom is -0.508 e. The lowest BCUT2D eigenvalue weighted by Gasteiger charge is -2.11. The number of hydrogen-bond acceptors (Lipinski definition) is 3. The van der Waals surface area contributed by atoms with E-state index in [-0.39, 0.29) is 11.8 Å². The third-order valence-corrected chi connectivity index (χ3v) is 2.84. The van der Waals surface area contributed by atoms with Crippen LogP contribution in [0.4, 0.5) is 10.5 Å². The molecule has 1 heterocycles. The van der Waals surface area contributed by atoms with E-state index in [4.69, 9.17) is 5.11 Å². The zero-order valence-corrected chi connectivity index (χ0v) is 9.57. The van der Waals surface area contributed by atoms with Gasteiger partial charge in [-0.2, -0.15) is 0 Å². The predicted octanol–water partition coefficient (Wildman–Crippen LogP) is 1.12. The van der Waals surface area contributed by atoms with Crippen LogP contribution >= 0.6 is 0 Å². The summed E-state index contributed by atoms with van der Waals surface area (Å²) in [5.74, 6) is 0.716. The second kappa shape index (κ2) is 5.54. The molecule has 0 aromatic heterocycles. The van der Waals surface area contributed by atoms with Gasteiger partial charge in [0.05, 0.1) is 0 Å². The fourth-order valence-electron chi connectivity index (χ4n) is 1.85. The van der Waals surface area contributed by atoms with Crippen molar-refractivity contribution in [2.24, 2.45) is 5.92 Å². The first-order chi connectivity index (χ1) is 8.24. The maximum atomic E-state index is 11.5. The van der Waals surface area contributed by atoms with Crippen LogP contribution < -0.4 is 16.0 Å². The van der Waals surface area contributed by atoms with Gasteiger partial charge in [-0.1, -0.05) is 0 Å². The van der Waals surface area contributed by atoms with Crippen molar-refractivity contribution >= 4 is 11.7 Å². The fourth-order valence-corrected chi connectivity index (χ4v) is 1.85. The summed E-state index contributed by atoms with van der Waals surface area (Å²) >= 11 is 0.